The minimum atomic E-state index is -4.46. The SMILES string of the molecule is C=C(C)[C@@H]1CC[C@]2(NC(CN3CCS(=O)(=O)CC3)C(F)(F)F)CC[C@]3(C)[C@H](CC[C@@H]4C[C@H](C(C)(C)/C(=C\CCC)C5=CC[C@](CF)(C(=O)O)CC5)CC[C@]43C)[C@@H]12. The van der Waals surface area contributed by atoms with Crippen LogP contribution in [0.5, 0.6) is 0 Å². The van der Waals surface area contributed by atoms with E-state index in [4.69, 9.17) is 0 Å². The van der Waals surface area contributed by atoms with Crippen molar-refractivity contribution >= 4 is 15.8 Å². The van der Waals surface area contributed by atoms with Gasteiger partial charge >= 0.3 is 12.1 Å². The van der Waals surface area contributed by atoms with Crippen LogP contribution in [0.2, 0.25) is 0 Å². The van der Waals surface area contributed by atoms with Gasteiger partial charge in [0.25, 0.3) is 0 Å². The third-order valence-electron chi connectivity index (χ3n) is 17.3. The highest BCUT2D eigenvalue weighted by Gasteiger charge is 2.67. The maximum atomic E-state index is 15.0. The number of nitrogens with zero attached hydrogens (tertiary/aromatic N) is 1. The molecule has 1 saturated heterocycles. The predicted molar refractivity (Wildman–Crippen MR) is 216 cm³/mol. The molecule has 5 aliphatic carbocycles. The van der Waals surface area contributed by atoms with Gasteiger partial charge in [0.05, 0.1) is 16.9 Å². The second-order valence-electron chi connectivity index (χ2n) is 20.3. The highest BCUT2D eigenvalue weighted by Crippen LogP contribution is 2.72. The van der Waals surface area contributed by atoms with E-state index in [9.17, 15) is 35.9 Å². The number of hydrogen-bond acceptors (Lipinski definition) is 5. The zero-order chi connectivity index (χ0) is 41.1. The standard InChI is InChI=1S/C45H70F4N2O4S/c1-8-9-10-35(31-13-18-43(29-46,19-14-31)39(52)53)40(4,5)32-15-17-41(6)33(27-32)11-12-36-38-34(30(2)3)16-20-44(38,22-21-42(36,41)7)50-37(45(47,48)49)28-51-23-25-56(54,55)26-24-51/h10,13,32-34,36-38,50H,2,8-9,11-12,14-29H2,1,3-7H3,(H,52,53)/b35-10-/t32-,33-,34+,36-,37?,38-,41-,42-,43+,44+/m1/s1. The molecule has 0 amide bonds. The second-order valence-corrected chi connectivity index (χ2v) is 22.6. The van der Waals surface area contributed by atoms with Crippen LogP contribution in [0, 0.1) is 51.2 Å². The van der Waals surface area contributed by atoms with Gasteiger partial charge in [-0.25, -0.2) is 12.8 Å². The molecule has 318 valence electrons. The molecule has 10 atom stereocenters. The number of sulfone groups is 1. The third kappa shape index (κ3) is 7.74. The van der Waals surface area contributed by atoms with Crippen LogP contribution in [0.3, 0.4) is 0 Å². The third-order valence-corrected chi connectivity index (χ3v) is 18.9. The maximum absolute atomic E-state index is 15.0. The van der Waals surface area contributed by atoms with Crippen molar-refractivity contribution in [1.82, 2.24) is 10.2 Å². The number of unbranched alkanes of at least 4 members (excludes halogenated alkanes) is 1. The van der Waals surface area contributed by atoms with Crippen LogP contribution in [-0.2, 0) is 14.6 Å². The summed E-state index contributed by atoms with van der Waals surface area (Å²) in [6.45, 7) is 17.5. The lowest BCUT2D eigenvalue weighted by Crippen LogP contribution is -2.68. The Bertz CT molecular complexity index is 1660. The zero-order valence-electron chi connectivity index (χ0n) is 35.0. The van der Waals surface area contributed by atoms with Gasteiger partial charge in [-0.3, -0.25) is 15.0 Å². The van der Waals surface area contributed by atoms with Crippen molar-refractivity contribution in [3.8, 4) is 0 Å². The molecule has 5 fully saturated rings. The van der Waals surface area contributed by atoms with Crippen molar-refractivity contribution in [3.05, 3.63) is 35.5 Å². The fourth-order valence-corrected chi connectivity index (χ4v) is 14.7. The van der Waals surface area contributed by atoms with Crippen LogP contribution in [0.1, 0.15) is 131 Å². The maximum Gasteiger partial charge on any atom is 0.405 e. The average Bonchev–Trinajstić information content (AvgIpc) is 3.52. The molecule has 6 aliphatic rings. The van der Waals surface area contributed by atoms with E-state index in [0.29, 0.717) is 37.5 Å². The minimum Gasteiger partial charge on any atom is -0.481 e. The number of carboxylic acid groups (broad SMARTS) is 1. The van der Waals surface area contributed by atoms with Gasteiger partial charge < -0.3 is 5.11 Å². The lowest BCUT2D eigenvalue weighted by molar-refractivity contribution is -0.193. The topological polar surface area (TPSA) is 86.7 Å². The van der Waals surface area contributed by atoms with Crippen molar-refractivity contribution in [3.63, 3.8) is 0 Å². The first-order valence-corrected chi connectivity index (χ1v) is 23.5. The molecular formula is C45H70F4N2O4S. The summed E-state index contributed by atoms with van der Waals surface area (Å²) < 4.78 is 83.1. The number of alkyl halides is 4. The first-order chi connectivity index (χ1) is 26.1. The molecule has 0 aromatic rings. The molecule has 1 unspecified atom stereocenters. The molecule has 0 radical (unpaired) electrons. The average molecular weight is 811 g/mol. The summed E-state index contributed by atoms with van der Waals surface area (Å²) in [6.07, 6.45) is 11.3. The second kappa shape index (κ2) is 15.7. The number of hydrogen-bond donors (Lipinski definition) is 2. The lowest BCUT2D eigenvalue weighted by Gasteiger charge is -2.68. The van der Waals surface area contributed by atoms with E-state index in [2.05, 4.69) is 59.5 Å². The molecule has 1 heterocycles. The van der Waals surface area contributed by atoms with E-state index in [0.717, 1.165) is 63.4 Å². The van der Waals surface area contributed by atoms with Crippen molar-refractivity contribution in [1.29, 1.82) is 0 Å². The number of carboxylic acids is 1. The summed E-state index contributed by atoms with van der Waals surface area (Å²) in [5.41, 5.74) is 1.44. The zero-order valence-corrected chi connectivity index (χ0v) is 35.8. The van der Waals surface area contributed by atoms with Crippen LogP contribution >= 0.6 is 0 Å². The number of aliphatic carboxylic acids is 1. The highest BCUT2D eigenvalue weighted by molar-refractivity contribution is 7.91. The van der Waals surface area contributed by atoms with E-state index < -0.39 is 45.7 Å². The normalized spacial score (nSPS) is 39.9. The largest absolute Gasteiger partial charge is 0.481 e. The number of nitrogens with one attached hydrogen (secondary N) is 1. The van der Waals surface area contributed by atoms with Crippen LogP contribution in [0.25, 0.3) is 0 Å². The molecule has 56 heavy (non-hydrogen) atoms. The van der Waals surface area contributed by atoms with Crippen molar-refractivity contribution in [2.75, 3.05) is 37.8 Å². The number of fused-ring (bicyclic) bond motifs is 5. The van der Waals surface area contributed by atoms with E-state index in [-0.39, 0.29) is 71.6 Å². The quantitative estimate of drug-likeness (QED) is 0.151. The molecule has 1 aliphatic heterocycles. The molecule has 0 spiro atoms. The molecule has 11 heteroatoms. The summed E-state index contributed by atoms with van der Waals surface area (Å²) in [7, 11) is -3.20. The van der Waals surface area contributed by atoms with Crippen LogP contribution in [0.15, 0.2) is 35.5 Å². The fraction of sp³-hybridized carbons (Fsp3) is 0.844. The van der Waals surface area contributed by atoms with Crippen LogP contribution in [0.4, 0.5) is 17.6 Å². The molecule has 6 rings (SSSR count). The van der Waals surface area contributed by atoms with E-state index in [1.807, 2.05) is 6.08 Å². The summed E-state index contributed by atoms with van der Waals surface area (Å²) in [5, 5.41) is 13.2. The number of carbonyl (C=O) groups is 1. The summed E-state index contributed by atoms with van der Waals surface area (Å²) in [4.78, 5) is 13.7. The Kier molecular flexibility index (Phi) is 12.3. The van der Waals surface area contributed by atoms with Gasteiger partial charge in [-0.05, 0) is 147 Å². The molecule has 0 aromatic heterocycles. The smallest absolute Gasteiger partial charge is 0.405 e. The molecular weight excluding hydrogens is 741 g/mol. The Balaban J connectivity index is 1.24. The van der Waals surface area contributed by atoms with Gasteiger partial charge in [-0.2, -0.15) is 13.2 Å². The predicted octanol–water partition coefficient (Wildman–Crippen LogP) is 10.1. The van der Waals surface area contributed by atoms with E-state index >= 15 is 0 Å². The fourth-order valence-electron chi connectivity index (χ4n) is 13.4. The van der Waals surface area contributed by atoms with Gasteiger partial charge in [-0.15, -0.1) is 0 Å². The first-order valence-electron chi connectivity index (χ1n) is 21.7. The van der Waals surface area contributed by atoms with Gasteiger partial charge in [0.1, 0.15) is 12.7 Å². The first kappa shape index (κ1) is 43.8. The summed E-state index contributed by atoms with van der Waals surface area (Å²) in [6, 6.07) is -1.73. The molecule has 0 aromatic carbocycles. The van der Waals surface area contributed by atoms with Gasteiger partial charge in [0.2, 0.25) is 0 Å². The highest BCUT2D eigenvalue weighted by atomic mass is 32.2. The van der Waals surface area contributed by atoms with Gasteiger partial charge in [-0.1, -0.05) is 65.3 Å². The number of halogens is 4. The van der Waals surface area contributed by atoms with Crippen molar-refractivity contribution in [2.45, 2.75) is 149 Å². The molecule has 2 N–H and O–H groups in total. The Morgan fingerprint density at radius 2 is 1.75 bits per heavy atom. The van der Waals surface area contributed by atoms with Gasteiger partial charge in [0.15, 0.2) is 9.84 Å². The minimum absolute atomic E-state index is 0.0345. The van der Waals surface area contributed by atoms with E-state index in [1.54, 1.807) is 4.90 Å². The molecule has 0 bridgehead atoms. The van der Waals surface area contributed by atoms with Crippen LogP contribution < -0.4 is 5.32 Å². The Hall–Kier alpha value is -1.72. The van der Waals surface area contributed by atoms with Crippen molar-refractivity contribution in [2.24, 2.45) is 51.2 Å². The molecule has 6 nitrogen and oxygen atoms in total. The van der Waals surface area contributed by atoms with Crippen molar-refractivity contribution < 1.29 is 35.9 Å². The summed E-state index contributed by atoms with van der Waals surface area (Å²) in [5.74, 6) is 0.157. The Labute approximate surface area is 334 Å². The Morgan fingerprint density at radius 1 is 1.05 bits per heavy atom. The lowest BCUT2D eigenvalue weighted by atomic mass is 9.38. The van der Waals surface area contributed by atoms with Crippen LogP contribution in [-0.4, -0.2) is 80.0 Å². The van der Waals surface area contributed by atoms with E-state index in [1.165, 1.54) is 11.1 Å². The number of rotatable bonds is 12. The summed E-state index contributed by atoms with van der Waals surface area (Å²) >= 11 is 0. The monoisotopic (exact) mass is 810 g/mol. The van der Waals surface area contributed by atoms with Gasteiger partial charge in [0, 0.05) is 25.2 Å². The molecule has 4 saturated carbocycles. The Morgan fingerprint density at radius 3 is 2.32 bits per heavy atom. The number of allylic oxidation sites excluding steroid dienone is 5.